The highest BCUT2D eigenvalue weighted by molar-refractivity contribution is 7.99. The molecule has 146 valence electrons. The number of benzene rings is 1. The van der Waals surface area contributed by atoms with Crippen molar-refractivity contribution in [3.8, 4) is 11.4 Å². The Balaban J connectivity index is 1.78. The maximum absolute atomic E-state index is 12.7. The summed E-state index contributed by atoms with van der Waals surface area (Å²) in [6.07, 6.45) is -0.579. The molecule has 1 amide bonds. The second-order valence-electron chi connectivity index (χ2n) is 6.84. The summed E-state index contributed by atoms with van der Waals surface area (Å²) in [5.74, 6) is 0.271. The third-order valence-electron chi connectivity index (χ3n) is 3.38. The second kappa shape index (κ2) is 8.57. The van der Waals surface area contributed by atoms with Crippen LogP contribution in [0.5, 0.6) is 0 Å². The van der Waals surface area contributed by atoms with Crippen molar-refractivity contribution in [1.82, 2.24) is 14.8 Å². The molecule has 3 rings (SSSR count). The molecule has 0 saturated heterocycles. The van der Waals surface area contributed by atoms with Gasteiger partial charge in [-0.25, -0.2) is 9.36 Å². The zero-order valence-corrected chi connectivity index (χ0v) is 17.3. The predicted molar refractivity (Wildman–Crippen MR) is 111 cm³/mol. The number of thioether (sulfide) groups is 1. The van der Waals surface area contributed by atoms with Gasteiger partial charge in [0, 0.05) is 16.6 Å². The summed E-state index contributed by atoms with van der Waals surface area (Å²) in [6, 6.07) is 11.0. The number of amides is 1. The van der Waals surface area contributed by atoms with Crippen molar-refractivity contribution in [3.05, 3.63) is 47.2 Å². The normalized spacial score (nSPS) is 11.2. The molecule has 2 aromatic heterocycles. The molecule has 0 fully saturated rings. The average molecular weight is 417 g/mol. The van der Waals surface area contributed by atoms with E-state index in [4.69, 9.17) is 4.74 Å². The molecule has 7 nitrogen and oxygen atoms in total. The van der Waals surface area contributed by atoms with Gasteiger partial charge in [-0.05, 0) is 44.4 Å². The first kappa shape index (κ1) is 20.1. The largest absolute Gasteiger partial charge is 0.443 e. The number of nitrogens with zero attached hydrogens (tertiary/aromatic N) is 3. The highest BCUT2D eigenvalue weighted by Crippen LogP contribution is 2.27. The highest BCUT2D eigenvalue weighted by Gasteiger charge is 2.26. The minimum absolute atomic E-state index is 0.0828. The van der Waals surface area contributed by atoms with Crippen LogP contribution < -0.4 is 5.32 Å². The number of carbonyl (C=O) groups is 2. The highest BCUT2D eigenvalue weighted by atomic mass is 32.2. The van der Waals surface area contributed by atoms with Crippen LogP contribution in [0.4, 0.5) is 10.5 Å². The van der Waals surface area contributed by atoms with Gasteiger partial charge in [-0.2, -0.15) is 11.3 Å². The number of aromatic nitrogens is 3. The second-order valence-corrected chi connectivity index (χ2v) is 8.56. The van der Waals surface area contributed by atoms with Crippen LogP contribution in [0.3, 0.4) is 0 Å². The van der Waals surface area contributed by atoms with Crippen molar-refractivity contribution in [2.75, 3.05) is 11.1 Å². The molecule has 0 saturated carbocycles. The van der Waals surface area contributed by atoms with Gasteiger partial charge >= 0.3 is 6.09 Å². The Hall–Kier alpha value is -2.65. The predicted octanol–water partition coefficient (Wildman–Crippen LogP) is 4.52. The lowest BCUT2D eigenvalue weighted by atomic mass is 10.2. The molecule has 0 bridgehead atoms. The molecular formula is C19H20N4O3S2. The fourth-order valence-corrected chi connectivity index (χ4v) is 3.62. The van der Waals surface area contributed by atoms with Crippen LogP contribution >= 0.6 is 23.1 Å². The molecule has 9 heteroatoms. The van der Waals surface area contributed by atoms with E-state index in [0.29, 0.717) is 16.7 Å². The molecule has 3 aromatic rings. The number of rotatable bonds is 5. The summed E-state index contributed by atoms with van der Waals surface area (Å²) in [6.45, 7) is 5.37. The fourth-order valence-electron chi connectivity index (χ4n) is 2.26. The number of hydrogen-bond donors (Lipinski definition) is 1. The first-order valence-electron chi connectivity index (χ1n) is 8.52. The summed E-state index contributed by atoms with van der Waals surface area (Å²) >= 11 is 2.62. The van der Waals surface area contributed by atoms with E-state index in [1.165, 1.54) is 15.9 Å². The number of anilines is 1. The third kappa shape index (κ3) is 5.20. The van der Waals surface area contributed by atoms with Crippen LogP contribution in [0, 0.1) is 0 Å². The Labute approximate surface area is 171 Å². The van der Waals surface area contributed by atoms with Gasteiger partial charge in [-0.1, -0.05) is 30.0 Å². The Bertz CT molecular complexity index is 947. The number of hydrogen-bond acceptors (Lipinski definition) is 7. The minimum atomic E-state index is -0.667. The van der Waals surface area contributed by atoms with Crippen molar-refractivity contribution in [2.45, 2.75) is 31.5 Å². The summed E-state index contributed by atoms with van der Waals surface area (Å²) in [5.41, 5.74) is 0.810. The number of nitrogens with one attached hydrogen (secondary N) is 1. The summed E-state index contributed by atoms with van der Waals surface area (Å²) in [5, 5.41) is 15.1. The van der Waals surface area contributed by atoms with Crippen molar-refractivity contribution in [2.24, 2.45) is 0 Å². The van der Waals surface area contributed by atoms with Crippen LogP contribution in [0.2, 0.25) is 0 Å². The van der Waals surface area contributed by atoms with Crippen LogP contribution in [0.1, 0.15) is 20.8 Å². The van der Waals surface area contributed by atoms with E-state index >= 15 is 0 Å². The number of carbonyl (C=O) groups excluding carboxylic acids is 2. The number of para-hydroxylation sites is 1. The minimum Gasteiger partial charge on any atom is -0.443 e. The van der Waals surface area contributed by atoms with Gasteiger partial charge < -0.3 is 10.1 Å². The zero-order chi connectivity index (χ0) is 20.1. The molecule has 2 heterocycles. The molecule has 0 unspecified atom stereocenters. The third-order valence-corrected chi connectivity index (χ3v) is 4.99. The molecule has 1 aromatic carbocycles. The average Bonchev–Trinajstić information content (AvgIpc) is 3.28. The lowest BCUT2D eigenvalue weighted by molar-refractivity contribution is -0.113. The van der Waals surface area contributed by atoms with Crippen LogP contribution in [-0.2, 0) is 9.53 Å². The van der Waals surface area contributed by atoms with E-state index in [1.807, 2.05) is 35.0 Å². The summed E-state index contributed by atoms with van der Waals surface area (Å²) in [7, 11) is 0. The molecule has 0 aliphatic carbocycles. The van der Waals surface area contributed by atoms with Gasteiger partial charge in [0.05, 0.1) is 5.75 Å². The van der Waals surface area contributed by atoms with Gasteiger partial charge in [-0.3, -0.25) is 4.79 Å². The summed E-state index contributed by atoms with van der Waals surface area (Å²) in [4.78, 5) is 25.0. The van der Waals surface area contributed by atoms with Crippen molar-refractivity contribution in [1.29, 1.82) is 0 Å². The maximum atomic E-state index is 12.7. The Morgan fingerprint density at radius 1 is 1.18 bits per heavy atom. The van der Waals surface area contributed by atoms with E-state index in [-0.39, 0.29) is 11.7 Å². The quantitative estimate of drug-likeness (QED) is 0.616. The van der Waals surface area contributed by atoms with Gasteiger partial charge in [0.2, 0.25) is 11.1 Å². The van der Waals surface area contributed by atoms with Gasteiger partial charge in [-0.15, -0.1) is 10.2 Å². The Kier molecular flexibility index (Phi) is 6.15. The van der Waals surface area contributed by atoms with Crippen molar-refractivity contribution >= 4 is 40.8 Å². The molecule has 0 radical (unpaired) electrons. The summed E-state index contributed by atoms with van der Waals surface area (Å²) < 4.78 is 6.81. The molecule has 1 N–H and O–H groups in total. The van der Waals surface area contributed by atoms with E-state index in [2.05, 4.69) is 15.5 Å². The van der Waals surface area contributed by atoms with Crippen LogP contribution in [-0.4, -0.2) is 38.1 Å². The maximum Gasteiger partial charge on any atom is 0.422 e. The molecule has 28 heavy (non-hydrogen) atoms. The van der Waals surface area contributed by atoms with Crippen LogP contribution in [0.15, 0.2) is 52.3 Å². The molecule has 0 aliphatic rings. The number of ether oxygens (including phenoxy) is 1. The van der Waals surface area contributed by atoms with Gasteiger partial charge in [0.25, 0.3) is 0 Å². The lowest BCUT2D eigenvalue weighted by Gasteiger charge is -2.20. The first-order chi connectivity index (χ1) is 13.3. The molecular weight excluding hydrogens is 396 g/mol. The van der Waals surface area contributed by atoms with Crippen molar-refractivity contribution in [3.63, 3.8) is 0 Å². The van der Waals surface area contributed by atoms with E-state index in [0.717, 1.165) is 17.3 Å². The number of thiophene rings is 1. The smallest absolute Gasteiger partial charge is 0.422 e. The molecule has 0 atom stereocenters. The van der Waals surface area contributed by atoms with Gasteiger partial charge in [0.1, 0.15) is 5.60 Å². The SMILES string of the molecule is CC(C)(C)OC(=O)n1c(SCC(=O)Nc2ccccc2)nnc1-c1ccsc1. The van der Waals surface area contributed by atoms with E-state index in [9.17, 15) is 9.59 Å². The first-order valence-corrected chi connectivity index (χ1v) is 10.5. The topological polar surface area (TPSA) is 86.1 Å². The monoisotopic (exact) mass is 416 g/mol. The Morgan fingerprint density at radius 2 is 1.93 bits per heavy atom. The van der Waals surface area contributed by atoms with Gasteiger partial charge in [0.15, 0.2) is 5.82 Å². The lowest BCUT2D eigenvalue weighted by Crippen LogP contribution is -2.28. The van der Waals surface area contributed by atoms with E-state index < -0.39 is 11.7 Å². The van der Waals surface area contributed by atoms with E-state index in [1.54, 1.807) is 32.9 Å². The standard InChI is InChI=1S/C19H20N4O3S2/c1-19(2,3)26-18(25)23-16(13-9-10-27-11-13)21-22-17(23)28-12-15(24)20-14-7-5-4-6-8-14/h4-11H,12H2,1-3H3,(H,20,24). The molecule has 0 spiro atoms. The fraction of sp³-hybridized carbons (Fsp3) is 0.263. The zero-order valence-electron chi connectivity index (χ0n) is 15.7. The Morgan fingerprint density at radius 3 is 2.57 bits per heavy atom. The van der Waals surface area contributed by atoms with Crippen LogP contribution in [0.25, 0.3) is 11.4 Å². The van der Waals surface area contributed by atoms with Crippen molar-refractivity contribution < 1.29 is 14.3 Å². The molecule has 0 aliphatic heterocycles.